The quantitative estimate of drug-likeness (QED) is 0.424. The van der Waals surface area contributed by atoms with Gasteiger partial charge >= 0.3 is 0 Å². The smallest absolute Gasteiger partial charge is 0.268 e. The summed E-state index contributed by atoms with van der Waals surface area (Å²) in [5.74, 6) is 0.167. The van der Waals surface area contributed by atoms with E-state index in [1.807, 2.05) is 38.1 Å². The normalized spacial score (nSPS) is 11.3. The Morgan fingerprint density at radius 1 is 0.857 bits per heavy atom. The maximum absolute atomic E-state index is 12.6. The van der Waals surface area contributed by atoms with Crippen molar-refractivity contribution in [1.29, 1.82) is 0 Å². The second kappa shape index (κ2) is 8.82. The van der Waals surface area contributed by atoms with Crippen LogP contribution in [0.25, 0.3) is 0 Å². The van der Waals surface area contributed by atoms with Gasteiger partial charge in [0, 0.05) is 17.0 Å². The monoisotopic (exact) mass is 384 g/mol. The molecule has 7 heteroatoms. The summed E-state index contributed by atoms with van der Waals surface area (Å²) in [7, 11) is 0. The zero-order chi connectivity index (χ0) is 20.1. The lowest BCUT2D eigenvalue weighted by atomic mass is 9.85. The number of aromatic nitrogens is 4. The van der Waals surface area contributed by atoms with E-state index in [1.165, 1.54) is 12.8 Å². The molecule has 0 unspecified atom stereocenters. The minimum absolute atomic E-state index is 0.236. The summed E-state index contributed by atoms with van der Waals surface area (Å²) in [4.78, 5) is 25.1. The summed E-state index contributed by atoms with van der Waals surface area (Å²) in [5.41, 5.74) is 2.78. The Hall–Kier alpha value is -2.96. The summed E-state index contributed by atoms with van der Waals surface area (Å²) >= 11 is 0. The molecule has 0 aliphatic carbocycles. The molecule has 2 heterocycles. The number of benzene rings is 1. The first kappa shape index (κ1) is 19.8. The molecule has 3 aromatic rings. The van der Waals surface area contributed by atoms with E-state index in [9.17, 15) is 9.59 Å². The largest absolute Gasteiger partial charge is 0.493 e. The van der Waals surface area contributed by atoms with E-state index >= 15 is 0 Å². The minimum Gasteiger partial charge on any atom is -0.493 e. The topological polar surface area (TPSA) is 107 Å². The van der Waals surface area contributed by atoms with E-state index in [4.69, 9.17) is 4.74 Å². The van der Waals surface area contributed by atoms with Gasteiger partial charge in [-0.3, -0.25) is 19.8 Å². The second-order valence-corrected chi connectivity index (χ2v) is 7.12. The van der Waals surface area contributed by atoms with Gasteiger partial charge in [0.05, 0.1) is 23.7 Å². The molecule has 4 N–H and O–H groups in total. The third-order valence-corrected chi connectivity index (χ3v) is 5.09. The Bertz CT molecular complexity index is 970. The van der Waals surface area contributed by atoms with E-state index in [2.05, 4.69) is 27.3 Å². The molecule has 7 nitrogen and oxygen atoms in total. The summed E-state index contributed by atoms with van der Waals surface area (Å²) in [5, 5.41) is 11.0. The van der Waals surface area contributed by atoms with Crippen molar-refractivity contribution in [3.05, 3.63) is 73.1 Å². The van der Waals surface area contributed by atoms with Crippen molar-refractivity contribution < 1.29 is 4.74 Å². The first-order chi connectivity index (χ1) is 13.5. The molecule has 3 rings (SSSR count). The maximum atomic E-state index is 12.6. The number of ether oxygens (including phenoxy) is 1. The van der Waals surface area contributed by atoms with Gasteiger partial charge in [0.2, 0.25) is 0 Å². The maximum Gasteiger partial charge on any atom is 0.268 e. The average Bonchev–Trinajstić information content (AvgIpc) is 3.19. The molecule has 0 fully saturated rings. The molecule has 0 aliphatic rings. The van der Waals surface area contributed by atoms with Gasteiger partial charge < -0.3 is 14.9 Å². The molecule has 0 spiro atoms. The Labute approximate surface area is 163 Å². The summed E-state index contributed by atoms with van der Waals surface area (Å²) in [6, 6.07) is 7.63. The average molecular weight is 384 g/mol. The second-order valence-electron chi connectivity index (χ2n) is 7.12. The van der Waals surface area contributed by atoms with Gasteiger partial charge in [0.15, 0.2) is 0 Å². The Morgan fingerprint density at radius 3 is 2.00 bits per heavy atom. The molecule has 0 saturated carbocycles. The van der Waals surface area contributed by atoms with E-state index in [-0.39, 0.29) is 11.1 Å². The molecule has 0 aliphatic heterocycles. The van der Waals surface area contributed by atoms with Crippen molar-refractivity contribution in [2.24, 2.45) is 0 Å². The Balaban J connectivity index is 2.05. The first-order valence-electron chi connectivity index (χ1n) is 9.80. The molecule has 150 valence electrons. The predicted molar refractivity (Wildman–Crippen MR) is 109 cm³/mol. The van der Waals surface area contributed by atoms with Crippen molar-refractivity contribution in [2.75, 3.05) is 6.61 Å². The van der Waals surface area contributed by atoms with Crippen LogP contribution in [-0.2, 0) is 0 Å². The van der Waals surface area contributed by atoms with Crippen molar-refractivity contribution in [3.8, 4) is 5.75 Å². The van der Waals surface area contributed by atoms with Crippen LogP contribution in [0.15, 0.2) is 33.9 Å². The number of hydrogen-bond acceptors (Lipinski definition) is 3. The van der Waals surface area contributed by atoms with Crippen LogP contribution in [0.1, 0.15) is 66.6 Å². The van der Waals surface area contributed by atoms with Gasteiger partial charge in [0.25, 0.3) is 11.1 Å². The number of para-hydroxylation sites is 1. The number of aromatic amines is 4. The standard InChI is InChI=1S/C21H28N4O3/c1-4-5-6-9-12-28-16-11-8-7-10-15(16)19(17-13(2)22-24-20(17)26)18-14(3)23-25-21(18)27/h7-8,10-11,19H,4-6,9,12H2,1-3H3,(H2,22,24,26)(H2,23,25,27). The Morgan fingerprint density at radius 2 is 1.46 bits per heavy atom. The molecule has 0 amide bonds. The number of rotatable bonds is 9. The number of H-pyrrole nitrogens is 4. The molecule has 2 aromatic heterocycles. The fourth-order valence-corrected chi connectivity index (χ4v) is 3.62. The highest BCUT2D eigenvalue weighted by Crippen LogP contribution is 2.36. The SMILES string of the molecule is CCCCCCOc1ccccc1C(c1c(C)[nH][nH]c1=O)c1c(C)[nH][nH]c1=O. The van der Waals surface area contributed by atoms with Gasteiger partial charge in [-0.2, -0.15) is 0 Å². The van der Waals surface area contributed by atoms with Crippen LogP contribution in [0.2, 0.25) is 0 Å². The Kier molecular flexibility index (Phi) is 6.23. The van der Waals surface area contributed by atoms with Gasteiger partial charge in [-0.15, -0.1) is 0 Å². The number of nitrogens with one attached hydrogen (secondary N) is 4. The van der Waals surface area contributed by atoms with Crippen LogP contribution >= 0.6 is 0 Å². The highest BCUT2D eigenvalue weighted by molar-refractivity contribution is 5.50. The van der Waals surface area contributed by atoms with Crippen LogP contribution in [-0.4, -0.2) is 27.0 Å². The van der Waals surface area contributed by atoms with E-state index < -0.39 is 5.92 Å². The first-order valence-corrected chi connectivity index (χ1v) is 9.80. The zero-order valence-electron chi connectivity index (χ0n) is 16.6. The van der Waals surface area contributed by atoms with Crippen molar-refractivity contribution in [2.45, 2.75) is 52.4 Å². The highest BCUT2D eigenvalue weighted by atomic mass is 16.5. The lowest BCUT2D eigenvalue weighted by Crippen LogP contribution is -2.21. The number of hydrogen-bond donors (Lipinski definition) is 4. The van der Waals surface area contributed by atoms with Crippen LogP contribution in [0, 0.1) is 13.8 Å². The zero-order valence-corrected chi connectivity index (χ0v) is 16.6. The molecule has 1 aromatic carbocycles. The summed E-state index contributed by atoms with van der Waals surface area (Å²) in [6.45, 7) is 6.43. The van der Waals surface area contributed by atoms with E-state index in [0.29, 0.717) is 34.9 Å². The van der Waals surface area contributed by atoms with Gasteiger partial charge in [-0.25, -0.2) is 0 Å². The number of aryl methyl sites for hydroxylation is 2. The third-order valence-electron chi connectivity index (χ3n) is 5.09. The minimum atomic E-state index is -0.531. The fourth-order valence-electron chi connectivity index (χ4n) is 3.62. The molecule has 28 heavy (non-hydrogen) atoms. The molecule has 0 bridgehead atoms. The van der Waals surface area contributed by atoms with Crippen LogP contribution in [0.3, 0.4) is 0 Å². The van der Waals surface area contributed by atoms with E-state index in [1.54, 1.807) is 0 Å². The molecule has 0 saturated heterocycles. The third kappa shape index (κ3) is 3.98. The molecular formula is C21H28N4O3. The molecular weight excluding hydrogens is 356 g/mol. The summed E-state index contributed by atoms with van der Waals surface area (Å²) in [6.07, 6.45) is 4.45. The summed E-state index contributed by atoms with van der Waals surface area (Å²) < 4.78 is 6.08. The fraction of sp³-hybridized carbons (Fsp3) is 0.429. The van der Waals surface area contributed by atoms with Gasteiger partial charge in [0.1, 0.15) is 5.75 Å². The van der Waals surface area contributed by atoms with Crippen LogP contribution < -0.4 is 15.9 Å². The van der Waals surface area contributed by atoms with Gasteiger partial charge in [-0.1, -0.05) is 44.4 Å². The van der Waals surface area contributed by atoms with Crippen LogP contribution in [0.4, 0.5) is 0 Å². The lowest BCUT2D eigenvalue weighted by Gasteiger charge is -2.19. The number of unbranched alkanes of at least 4 members (excludes halogenated alkanes) is 3. The van der Waals surface area contributed by atoms with Crippen LogP contribution in [0.5, 0.6) is 5.75 Å². The molecule has 0 atom stereocenters. The predicted octanol–water partition coefficient (Wildman–Crippen LogP) is 3.48. The van der Waals surface area contributed by atoms with Crippen molar-refractivity contribution in [1.82, 2.24) is 20.4 Å². The van der Waals surface area contributed by atoms with Crippen molar-refractivity contribution in [3.63, 3.8) is 0 Å². The lowest BCUT2D eigenvalue weighted by molar-refractivity contribution is 0.301. The van der Waals surface area contributed by atoms with Crippen molar-refractivity contribution >= 4 is 0 Å². The van der Waals surface area contributed by atoms with E-state index in [0.717, 1.165) is 18.4 Å². The highest BCUT2D eigenvalue weighted by Gasteiger charge is 2.30. The van der Waals surface area contributed by atoms with Gasteiger partial charge in [-0.05, 0) is 26.3 Å². The molecule has 0 radical (unpaired) electrons.